The zero-order valence-electron chi connectivity index (χ0n) is 30.1. The Bertz CT molecular complexity index is 1220. The van der Waals surface area contributed by atoms with Crippen molar-refractivity contribution in [3.8, 4) is 0 Å². The van der Waals surface area contributed by atoms with Crippen LogP contribution in [-0.2, 0) is 19.0 Å². The van der Waals surface area contributed by atoms with Crippen LogP contribution < -0.4 is 0 Å². The van der Waals surface area contributed by atoms with Crippen molar-refractivity contribution in [1.82, 2.24) is 4.90 Å². The van der Waals surface area contributed by atoms with Crippen molar-refractivity contribution in [3.63, 3.8) is 0 Å². The van der Waals surface area contributed by atoms with Gasteiger partial charge in [0.25, 0.3) is 5.91 Å². The molecule has 6 N–H and O–H groups in total. The third-order valence-corrected chi connectivity index (χ3v) is 10.8. The quantitative estimate of drug-likeness (QED) is 0.250. The second-order valence-corrected chi connectivity index (χ2v) is 15.0. The van der Waals surface area contributed by atoms with Gasteiger partial charge in [-0.3, -0.25) is 9.59 Å². The third-order valence-electron chi connectivity index (χ3n) is 10.8. The minimum Gasteiger partial charge on any atom is -0.459 e. The van der Waals surface area contributed by atoms with Crippen LogP contribution in [-0.4, -0.2) is 121 Å². The first-order valence-corrected chi connectivity index (χ1v) is 17.2. The SMILES string of the molecule is CC[C@H]1OC(=O)[C@H](C)[C@@H](O)[C@H](C)[C@@H](O[C@@H]2O[C@H](C)C[C@H](N(C)C(=O)c3ccc(C)cc3)[C@H]2O)[C@](C)(O)C[C@@H](C)[C@H](O)[C@H](C)[C@@H](O)[C@]1(C)O. The number of amides is 1. The normalized spacial score (nSPS) is 43.6. The number of cyclic esters (lactones) is 1. The molecule has 2 aliphatic heterocycles. The van der Waals surface area contributed by atoms with E-state index in [2.05, 4.69) is 0 Å². The summed E-state index contributed by atoms with van der Waals surface area (Å²) in [6.45, 7) is 14.5. The number of carbonyl (C=O) groups is 2. The zero-order chi connectivity index (χ0) is 36.5. The molecule has 1 aromatic rings. The van der Waals surface area contributed by atoms with Crippen LogP contribution in [0.3, 0.4) is 0 Å². The number of hydrogen-bond donors (Lipinski definition) is 6. The average Bonchev–Trinajstić information content (AvgIpc) is 3.03. The average molecular weight is 682 g/mol. The fourth-order valence-electron chi connectivity index (χ4n) is 7.51. The van der Waals surface area contributed by atoms with Crippen molar-refractivity contribution in [2.45, 2.75) is 148 Å². The fourth-order valence-corrected chi connectivity index (χ4v) is 7.51. The summed E-state index contributed by atoms with van der Waals surface area (Å²) in [6, 6.07) is 6.39. The van der Waals surface area contributed by atoms with Gasteiger partial charge in [0, 0.05) is 24.4 Å². The number of aliphatic hydroxyl groups excluding tert-OH is 4. The summed E-state index contributed by atoms with van der Waals surface area (Å²) < 4.78 is 18.1. The van der Waals surface area contributed by atoms with Gasteiger partial charge in [0.15, 0.2) is 6.29 Å². The number of carbonyl (C=O) groups excluding carboxylic acids is 2. The molecule has 12 heteroatoms. The van der Waals surface area contributed by atoms with Gasteiger partial charge in [-0.25, -0.2) is 0 Å². The molecule has 1 amide bonds. The Morgan fingerprint density at radius 3 is 2.10 bits per heavy atom. The van der Waals surface area contributed by atoms with Crippen molar-refractivity contribution in [1.29, 1.82) is 0 Å². The van der Waals surface area contributed by atoms with Gasteiger partial charge in [0.2, 0.25) is 0 Å². The summed E-state index contributed by atoms with van der Waals surface area (Å²) in [5.74, 6) is -4.76. The highest BCUT2D eigenvalue weighted by molar-refractivity contribution is 5.94. The summed E-state index contributed by atoms with van der Waals surface area (Å²) in [5, 5.41) is 69.0. The Labute approximate surface area is 285 Å². The molecular formula is C36H59NO11. The first-order valence-electron chi connectivity index (χ1n) is 17.2. The molecule has 0 spiro atoms. The molecule has 2 fully saturated rings. The van der Waals surface area contributed by atoms with E-state index in [0.717, 1.165) is 5.56 Å². The van der Waals surface area contributed by atoms with Gasteiger partial charge in [0.1, 0.15) is 17.8 Å². The Hall–Kier alpha value is -2.16. The molecule has 0 saturated carbocycles. The van der Waals surface area contributed by atoms with E-state index in [-0.39, 0.29) is 18.7 Å². The topological polar surface area (TPSA) is 186 Å². The van der Waals surface area contributed by atoms with E-state index in [0.29, 0.717) is 12.0 Å². The maximum atomic E-state index is 13.4. The van der Waals surface area contributed by atoms with Crippen LogP contribution in [0, 0.1) is 30.6 Å². The summed E-state index contributed by atoms with van der Waals surface area (Å²) >= 11 is 0. The molecule has 15 atom stereocenters. The van der Waals surface area contributed by atoms with Crippen LogP contribution in [0.25, 0.3) is 0 Å². The summed E-state index contributed by atoms with van der Waals surface area (Å²) in [6.07, 6.45) is -9.30. The maximum Gasteiger partial charge on any atom is 0.311 e. The standard InChI is InChI=1S/C36H59NO11/c1-11-26-36(9,45)30(41)21(5)27(38)19(3)17-35(8,44)31(22(6)28(39)23(7)33(43)47-26)48-34-29(40)25(16-20(4)46-34)37(10)32(42)24-14-12-18(2)13-15-24/h12-15,19-23,25-31,34,38-41,44-45H,11,16-17H2,1-10H3/t19-,20-,21+,22+,23-,25+,26-,27+,28+,29-,30-,31-,34+,35-,36-/m1/s1. The number of ether oxygens (including phenoxy) is 3. The van der Waals surface area contributed by atoms with Crippen LogP contribution in [0.5, 0.6) is 0 Å². The first-order chi connectivity index (χ1) is 22.1. The van der Waals surface area contributed by atoms with E-state index < -0.39 is 95.9 Å². The van der Waals surface area contributed by atoms with Crippen LogP contribution in [0.1, 0.15) is 90.6 Å². The number of benzene rings is 1. The van der Waals surface area contributed by atoms with Crippen molar-refractivity contribution >= 4 is 11.9 Å². The molecule has 2 aliphatic rings. The number of aryl methyl sites for hydroxylation is 1. The smallest absolute Gasteiger partial charge is 0.311 e. The van der Waals surface area contributed by atoms with Crippen molar-refractivity contribution in [2.24, 2.45) is 23.7 Å². The van der Waals surface area contributed by atoms with Gasteiger partial charge in [-0.15, -0.1) is 0 Å². The van der Waals surface area contributed by atoms with Gasteiger partial charge in [-0.05, 0) is 71.9 Å². The van der Waals surface area contributed by atoms with Gasteiger partial charge in [-0.2, -0.15) is 0 Å². The zero-order valence-corrected chi connectivity index (χ0v) is 30.1. The molecule has 0 radical (unpaired) electrons. The van der Waals surface area contributed by atoms with Gasteiger partial charge >= 0.3 is 5.97 Å². The summed E-state index contributed by atoms with van der Waals surface area (Å²) in [7, 11) is 1.60. The molecule has 1 aromatic carbocycles. The number of likely N-dealkylation sites (N-methyl/N-ethyl adjacent to an activating group) is 1. The van der Waals surface area contributed by atoms with Crippen LogP contribution in [0.2, 0.25) is 0 Å². The highest BCUT2D eigenvalue weighted by atomic mass is 16.7. The Morgan fingerprint density at radius 2 is 1.54 bits per heavy atom. The molecule has 2 heterocycles. The molecule has 0 aromatic heterocycles. The maximum absolute atomic E-state index is 13.4. The van der Waals surface area contributed by atoms with Crippen LogP contribution >= 0.6 is 0 Å². The second-order valence-electron chi connectivity index (χ2n) is 15.0. The van der Waals surface area contributed by atoms with E-state index in [9.17, 15) is 40.2 Å². The Morgan fingerprint density at radius 1 is 0.958 bits per heavy atom. The summed E-state index contributed by atoms with van der Waals surface area (Å²) in [5.41, 5.74) is -2.25. The highest BCUT2D eigenvalue weighted by Gasteiger charge is 2.51. The van der Waals surface area contributed by atoms with Crippen molar-refractivity contribution in [3.05, 3.63) is 35.4 Å². The van der Waals surface area contributed by atoms with E-state index >= 15 is 0 Å². The third kappa shape index (κ3) is 8.58. The van der Waals surface area contributed by atoms with E-state index in [1.54, 1.807) is 53.8 Å². The summed E-state index contributed by atoms with van der Waals surface area (Å²) in [4.78, 5) is 28.2. The number of hydrogen-bond acceptors (Lipinski definition) is 11. The van der Waals surface area contributed by atoms with Gasteiger partial charge < -0.3 is 49.7 Å². The predicted molar refractivity (Wildman–Crippen MR) is 178 cm³/mol. The lowest BCUT2D eigenvalue weighted by atomic mass is 9.73. The van der Waals surface area contributed by atoms with Crippen molar-refractivity contribution in [2.75, 3.05) is 7.05 Å². The lowest BCUT2D eigenvalue weighted by Crippen LogP contribution is -2.61. The molecule has 48 heavy (non-hydrogen) atoms. The minimum absolute atomic E-state index is 0.0846. The molecule has 3 rings (SSSR count). The molecule has 0 aliphatic carbocycles. The number of aliphatic hydroxyl groups is 6. The number of nitrogens with zero attached hydrogens (tertiary/aromatic N) is 1. The van der Waals surface area contributed by atoms with Gasteiger partial charge in [-0.1, -0.05) is 45.4 Å². The first kappa shape index (κ1) is 40.3. The Kier molecular flexibility index (Phi) is 13.3. The minimum atomic E-state index is -1.92. The predicted octanol–water partition coefficient (Wildman–Crippen LogP) is 2.17. The lowest BCUT2D eigenvalue weighted by molar-refractivity contribution is -0.299. The molecule has 0 bridgehead atoms. The largest absolute Gasteiger partial charge is 0.459 e. The van der Waals surface area contributed by atoms with E-state index in [1.807, 2.05) is 19.1 Å². The fraction of sp³-hybridized carbons (Fsp3) is 0.778. The monoisotopic (exact) mass is 681 g/mol. The Balaban J connectivity index is 1.99. The highest BCUT2D eigenvalue weighted by Crippen LogP contribution is 2.38. The number of rotatable bonds is 5. The molecular weight excluding hydrogens is 622 g/mol. The van der Waals surface area contributed by atoms with Gasteiger partial charge in [0.05, 0.1) is 48.1 Å². The van der Waals surface area contributed by atoms with Crippen molar-refractivity contribution < 1.29 is 54.4 Å². The second kappa shape index (κ2) is 15.8. The molecule has 0 unspecified atom stereocenters. The molecule has 274 valence electrons. The molecule has 12 nitrogen and oxygen atoms in total. The van der Waals surface area contributed by atoms with E-state index in [1.165, 1.54) is 25.7 Å². The lowest BCUT2D eigenvalue weighted by Gasteiger charge is -2.47. The molecule has 2 saturated heterocycles. The van der Waals surface area contributed by atoms with Crippen LogP contribution in [0.4, 0.5) is 0 Å². The van der Waals surface area contributed by atoms with E-state index in [4.69, 9.17) is 14.2 Å². The van der Waals surface area contributed by atoms with Crippen LogP contribution in [0.15, 0.2) is 24.3 Å². The number of esters is 1.